The lowest BCUT2D eigenvalue weighted by atomic mass is 9.99. The van der Waals surface area contributed by atoms with Crippen molar-refractivity contribution in [3.05, 3.63) is 60.4 Å². The Bertz CT molecular complexity index is 1030. The molecule has 2 aromatic carbocycles. The van der Waals surface area contributed by atoms with Crippen LogP contribution in [0.5, 0.6) is 0 Å². The van der Waals surface area contributed by atoms with E-state index in [1.165, 1.54) is 4.90 Å². The van der Waals surface area contributed by atoms with Gasteiger partial charge in [-0.3, -0.25) is 4.79 Å². The van der Waals surface area contributed by atoms with Gasteiger partial charge >= 0.3 is 5.97 Å². The van der Waals surface area contributed by atoms with Gasteiger partial charge in [-0.1, -0.05) is 69.7 Å². The summed E-state index contributed by atoms with van der Waals surface area (Å²) in [7, 11) is 0. The van der Waals surface area contributed by atoms with Gasteiger partial charge in [0.05, 0.1) is 5.69 Å². The number of hydrogen-bond donors (Lipinski definition) is 1. The Kier molecular flexibility index (Phi) is 7.70. The number of aromatic nitrogens is 4. The molecule has 0 fully saturated rings. The molecule has 8 nitrogen and oxygen atoms in total. The van der Waals surface area contributed by atoms with Gasteiger partial charge in [0.2, 0.25) is 5.91 Å². The molecular formula is C24H29N5O3. The summed E-state index contributed by atoms with van der Waals surface area (Å²) in [5.74, 6) is -1.29. The lowest BCUT2D eigenvalue weighted by Crippen LogP contribution is -2.47. The van der Waals surface area contributed by atoms with Crippen LogP contribution < -0.4 is 0 Å². The molecule has 0 bridgehead atoms. The average molecular weight is 436 g/mol. The van der Waals surface area contributed by atoms with E-state index < -0.39 is 12.0 Å². The van der Waals surface area contributed by atoms with Gasteiger partial charge in [0.25, 0.3) is 0 Å². The van der Waals surface area contributed by atoms with Gasteiger partial charge in [-0.15, -0.1) is 5.10 Å². The number of carbonyl (C=O) groups is 2. The highest BCUT2D eigenvalue weighted by Gasteiger charge is 2.32. The van der Waals surface area contributed by atoms with Gasteiger partial charge in [-0.05, 0) is 40.0 Å². The van der Waals surface area contributed by atoms with Crippen molar-refractivity contribution in [2.75, 3.05) is 0 Å². The van der Waals surface area contributed by atoms with Crippen LogP contribution in [0.15, 0.2) is 54.9 Å². The first-order valence-electron chi connectivity index (χ1n) is 10.9. The summed E-state index contributed by atoms with van der Waals surface area (Å²) in [5.41, 5.74) is 3.67. The molecule has 32 heavy (non-hydrogen) atoms. The molecule has 1 aromatic heterocycles. The van der Waals surface area contributed by atoms with Crippen molar-refractivity contribution in [1.82, 2.24) is 25.1 Å². The summed E-state index contributed by atoms with van der Waals surface area (Å²) in [6, 6.07) is 14.8. The van der Waals surface area contributed by atoms with Gasteiger partial charge in [0.15, 0.2) is 0 Å². The molecule has 0 aliphatic heterocycles. The normalized spacial score (nSPS) is 12.0. The van der Waals surface area contributed by atoms with E-state index in [4.69, 9.17) is 0 Å². The third-order valence-corrected chi connectivity index (χ3v) is 5.40. The molecule has 1 unspecified atom stereocenters. The standard InChI is InChI=1S/C24H29N5O3/c1-4-5-10-22(30)28(23(17(2)3)24(31)32)15-18-11-13-19(14-12-18)20-8-6-7-9-21(20)29-16-25-26-27-29/h6-9,11-14,16-17,23H,4-5,10,15H2,1-3H3,(H,31,32). The minimum Gasteiger partial charge on any atom is -0.480 e. The Balaban J connectivity index is 1.87. The molecule has 0 saturated heterocycles. The second kappa shape index (κ2) is 10.7. The maximum Gasteiger partial charge on any atom is 0.326 e. The molecule has 168 valence electrons. The maximum atomic E-state index is 12.9. The van der Waals surface area contributed by atoms with E-state index >= 15 is 0 Å². The largest absolute Gasteiger partial charge is 0.480 e. The molecule has 8 heteroatoms. The molecule has 0 radical (unpaired) electrons. The summed E-state index contributed by atoms with van der Waals surface area (Å²) < 4.78 is 1.61. The fourth-order valence-corrected chi connectivity index (χ4v) is 3.77. The molecule has 3 aromatic rings. The summed E-state index contributed by atoms with van der Waals surface area (Å²) in [6.07, 6.45) is 3.52. The molecule has 0 aliphatic carbocycles. The van der Waals surface area contributed by atoms with Crippen LogP contribution in [0.2, 0.25) is 0 Å². The Morgan fingerprint density at radius 1 is 1.09 bits per heavy atom. The number of hydrogen-bond acceptors (Lipinski definition) is 5. The molecule has 1 amide bonds. The van der Waals surface area contributed by atoms with E-state index in [2.05, 4.69) is 15.5 Å². The highest BCUT2D eigenvalue weighted by atomic mass is 16.4. The minimum atomic E-state index is -0.975. The summed E-state index contributed by atoms with van der Waals surface area (Å²) >= 11 is 0. The van der Waals surface area contributed by atoms with E-state index in [0.717, 1.165) is 35.2 Å². The zero-order valence-electron chi connectivity index (χ0n) is 18.7. The maximum absolute atomic E-state index is 12.9. The highest BCUT2D eigenvalue weighted by Crippen LogP contribution is 2.27. The van der Waals surface area contributed by atoms with E-state index in [-0.39, 0.29) is 18.4 Å². The molecule has 0 spiro atoms. The van der Waals surface area contributed by atoms with Gasteiger partial charge in [0.1, 0.15) is 12.4 Å². The Morgan fingerprint density at radius 3 is 2.41 bits per heavy atom. The molecular weight excluding hydrogens is 406 g/mol. The van der Waals surface area contributed by atoms with Crippen molar-refractivity contribution < 1.29 is 14.7 Å². The molecule has 3 rings (SSSR count). The number of para-hydroxylation sites is 1. The number of nitrogens with zero attached hydrogens (tertiary/aromatic N) is 5. The van der Waals surface area contributed by atoms with Crippen LogP contribution in [0.1, 0.15) is 45.6 Å². The van der Waals surface area contributed by atoms with Gasteiger partial charge in [0, 0.05) is 18.5 Å². The predicted molar refractivity (Wildman–Crippen MR) is 121 cm³/mol. The first-order valence-corrected chi connectivity index (χ1v) is 10.9. The van der Waals surface area contributed by atoms with Crippen LogP contribution in [0.25, 0.3) is 16.8 Å². The van der Waals surface area contributed by atoms with Crippen molar-refractivity contribution >= 4 is 11.9 Å². The zero-order chi connectivity index (χ0) is 23.1. The topological polar surface area (TPSA) is 101 Å². The smallest absolute Gasteiger partial charge is 0.326 e. The minimum absolute atomic E-state index is 0.124. The predicted octanol–water partition coefficient (Wildman–Crippen LogP) is 3.96. The van der Waals surface area contributed by atoms with Crippen molar-refractivity contribution in [3.8, 4) is 16.8 Å². The van der Waals surface area contributed by atoms with Gasteiger partial charge < -0.3 is 10.0 Å². The molecule has 1 atom stereocenters. The zero-order valence-corrected chi connectivity index (χ0v) is 18.7. The SMILES string of the molecule is CCCCC(=O)N(Cc1ccc(-c2ccccc2-n2cnnn2)cc1)C(C(=O)O)C(C)C. The quantitative estimate of drug-likeness (QED) is 0.517. The Labute approximate surface area is 187 Å². The van der Waals surface area contributed by atoms with Crippen molar-refractivity contribution in [3.63, 3.8) is 0 Å². The lowest BCUT2D eigenvalue weighted by molar-refractivity contribution is -0.153. The van der Waals surface area contributed by atoms with E-state index in [0.29, 0.717) is 6.42 Å². The van der Waals surface area contributed by atoms with Gasteiger partial charge in [-0.2, -0.15) is 4.68 Å². The number of amides is 1. The van der Waals surface area contributed by atoms with Crippen molar-refractivity contribution in [2.24, 2.45) is 5.92 Å². The summed E-state index contributed by atoms with van der Waals surface area (Å²) in [4.78, 5) is 26.3. The number of aliphatic carboxylic acids is 1. The Morgan fingerprint density at radius 2 is 1.81 bits per heavy atom. The first-order chi connectivity index (χ1) is 15.4. The highest BCUT2D eigenvalue weighted by molar-refractivity contribution is 5.84. The fourth-order valence-electron chi connectivity index (χ4n) is 3.77. The van der Waals surface area contributed by atoms with Crippen LogP contribution in [0, 0.1) is 5.92 Å². The second-order valence-electron chi connectivity index (χ2n) is 8.12. The second-order valence-corrected chi connectivity index (χ2v) is 8.12. The number of unbranched alkanes of at least 4 members (excludes halogenated alkanes) is 1. The summed E-state index contributed by atoms with van der Waals surface area (Å²) in [5, 5.41) is 21.2. The lowest BCUT2D eigenvalue weighted by Gasteiger charge is -2.32. The van der Waals surface area contributed by atoms with Crippen LogP contribution >= 0.6 is 0 Å². The van der Waals surface area contributed by atoms with E-state index in [9.17, 15) is 14.7 Å². The number of benzene rings is 2. The molecule has 0 aliphatic rings. The summed E-state index contributed by atoms with van der Waals surface area (Å²) in [6.45, 7) is 5.93. The fraction of sp³-hybridized carbons (Fsp3) is 0.375. The number of carboxylic acid groups (broad SMARTS) is 1. The van der Waals surface area contributed by atoms with Crippen LogP contribution in [0.4, 0.5) is 0 Å². The van der Waals surface area contributed by atoms with Crippen molar-refractivity contribution in [2.45, 2.75) is 52.6 Å². The average Bonchev–Trinajstić information content (AvgIpc) is 3.32. The monoisotopic (exact) mass is 435 g/mol. The molecule has 1 heterocycles. The van der Waals surface area contributed by atoms with Crippen LogP contribution in [-0.2, 0) is 16.1 Å². The number of rotatable bonds is 10. The third-order valence-electron chi connectivity index (χ3n) is 5.40. The van der Waals surface area contributed by atoms with E-state index in [1.807, 2.05) is 69.3 Å². The number of carbonyl (C=O) groups excluding carboxylic acids is 1. The van der Waals surface area contributed by atoms with Crippen molar-refractivity contribution in [1.29, 1.82) is 0 Å². The van der Waals surface area contributed by atoms with Crippen LogP contribution in [-0.4, -0.2) is 48.1 Å². The van der Waals surface area contributed by atoms with Crippen LogP contribution in [0.3, 0.4) is 0 Å². The first kappa shape index (κ1) is 23.1. The number of tetrazole rings is 1. The third kappa shape index (κ3) is 5.38. The number of carboxylic acids is 1. The van der Waals surface area contributed by atoms with E-state index in [1.54, 1.807) is 11.0 Å². The molecule has 1 N–H and O–H groups in total. The van der Waals surface area contributed by atoms with Gasteiger partial charge in [-0.25, -0.2) is 4.79 Å². The molecule has 0 saturated carbocycles. The Hall–Kier alpha value is -3.55.